The monoisotopic (exact) mass is 326 g/mol. The zero-order valence-corrected chi connectivity index (χ0v) is 12.2. The fraction of sp³-hybridized carbons (Fsp3) is 0.143. The summed E-state index contributed by atoms with van der Waals surface area (Å²) in [5.41, 5.74) is 1.27. The first kappa shape index (κ1) is 31.6. The van der Waals surface area contributed by atoms with Crippen LogP contribution in [0.2, 0.25) is 0 Å². The summed E-state index contributed by atoms with van der Waals surface area (Å²) in [4.78, 5) is 0. The summed E-state index contributed by atoms with van der Waals surface area (Å²) in [6.07, 6.45) is 0.858. The van der Waals surface area contributed by atoms with Gasteiger partial charge in [-0.05, 0) is 0 Å². The third-order valence-corrected chi connectivity index (χ3v) is 1.90. The fourth-order valence-corrected chi connectivity index (χ4v) is 1.09. The van der Waals surface area contributed by atoms with Crippen molar-refractivity contribution in [1.82, 2.24) is 0 Å². The van der Waals surface area contributed by atoms with Crippen molar-refractivity contribution in [3.05, 3.63) is 69.1 Å². The van der Waals surface area contributed by atoms with Gasteiger partial charge in [-0.3, -0.25) is 0 Å². The molecular formula is C14H10CrO6. The molecule has 1 aromatic rings. The Hall–Kier alpha value is -1.72. The van der Waals surface area contributed by atoms with Crippen LogP contribution >= 0.6 is 0 Å². The molecule has 0 saturated carbocycles. The maximum absolute atomic E-state index is 7.50. The Bertz CT molecular complexity index is 382. The van der Waals surface area contributed by atoms with E-state index in [4.69, 9.17) is 28.0 Å². The minimum atomic E-state index is 0.858. The molecule has 0 N–H and O–H groups in total. The van der Waals surface area contributed by atoms with Crippen LogP contribution in [0.25, 0.3) is 0 Å². The summed E-state index contributed by atoms with van der Waals surface area (Å²) in [6.45, 7) is 22.5. The van der Waals surface area contributed by atoms with Crippen molar-refractivity contribution in [2.75, 3.05) is 7.11 Å². The van der Waals surface area contributed by atoms with Gasteiger partial charge in [-0.25, -0.2) is 0 Å². The van der Waals surface area contributed by atoms with Crippen LogP contribution in [0.4, 0.5) is 0 Å². The molecule has 0 aliphatic heterocycles. The Kier molecular flexibility index (Phi) is 64.5. The van der Waals surface area contributed by atoms with Crippen molar-refractivity contribution < 1.29 is 43.8 Å². The van der Waals surface area contributed by atoms with Crippen LogP contribution in [-0.4, -0.2) is 11.7 Å². The molecule has 0 atom stereocenters. The van der Waals surface area contributed by atoms with Crippen LogP contribution in [0.5, 0.6) is 0 Å². The van der Waals surface area contributed by atoms with E-state index < -0.39 is 0 Å². The Labute approximate surface area is 131 Å². The van der Waals surface area contributed by atoms with E-state index in [1.165, 1.54) is 5.56 Å². The second-order valence-corrected chi connectivity index (χ2v) is 2.95. The van der Waals surface area contributed by atoms with Gasteiger partial charge < -0.3 is 0 Å². The molecule has 0 saturated heterocycles. The van der Waals surface area contributed by atoms with Crippen molar-refractivity contribution >= 4 is 4.57 Å². The van der Waals surface area contributed by atoms with E-state index in [0.29, 0.717) is 0 Å². The molecule has 0 aromatic heterocycles. The quantitative estimate of drug-likeness (QED) is 0.606. The minimum absolute atomic E-state index is 0.858. The molecule has 0 unspecified atom stereocenters. The van der Waals surface area contributed by atoms with Crippen molar-refractivity contribution in [2.45, 2.75) is 6.42 Å². The van der Waals surface area contributed by atoms with Crippen molar-refractivity contribution in [3.63, 3.8) is 0 Å². The Morgan fingerprint density at radius 1 is 0.857 bits per heavy atom. The Morgan fingerprint density at radius 2 is 1.19 bits per heavy atom. The summed E-state index contributed by atoms with van der Waals surface area (Å²) in [7, 11) is 1.68. The Balaban J connectivity index is -0.0000000727. The number of hydrogen-bond donors (Lipinski definition) is 0. The molecule has 1 rings (SSSR count). The normalized spacial score (nSPS) is 5.48. The van der Waals surface area contributed by atoms with Gasteiger partial charge in [0.05, 0.1) is 0 Å². The maximum atomic E-state index is 7.50. The second-order valence-electron chi connectivity index (χ2n) is 2.24. The standard InChI is InChI=1S/C9H10O.5CO.Cr/c1-10-8-7-9-5-3-2-4-6-9;5*1-2;/h2-6H,7H2,1H3;;;;;;. The van der Waals surface area contributed by atoms with E-state index in [1.807, 2.05) is 18.2 Å². The van der Waals surface area contributed by atoms with E-state index in [0.717, 1.165) is 11.0 Å². The first-order valence-corrected chi connectivity index (χ1v) is 5.09. The summed E-state index contributed by atoms with van der Waals surface area (Å²) in [5, 5.41) is 0. The van der Waals surface area contributed by atoms with Gasteiger partial charge in [0, 0.05) is 0 Å². The van der Waals surface area contributed by atoms with Crippen LogP contribution in [-0.2, 0) is 50.3 Å². The predicted molar refractivity (Wildman–Crippen MR) is 61.8 cm³/mol. The summed E-state index contributed by atoms with van der Waals surface area (Å²) in [5.74, 6) is 0. The molecular weight excluding hydrogens is 316 g/mol. The summed E-state index contributed by atoms with van der Waals surface area (Å²) in [6, 6.07) is 10.2. The molecule has 1 aromatic carbocycles. The van der Waals surface area contributed by atoms with Crippen molar-refractivity contribution in [1.29, 1.82) is 0 Å². The zero-order chi connectivity index (χ0) is 18.1. The van der Waals surface area contributed by atoms with Crippen LogP contribution in [0.15, 0.2) is 30.3 Å². The topological polar surface area (TPSA) is 109 Å². The number of benzene rings is 1. The van der Waals surface area contributed by atoms with E-state index in [9.17, 15) is 0 Å². The van der Waals surface area contributed by atoms with Crippen molar-refractivity contribution in [3.8, 4) is 0 Å². The second kappa shape index (κ2) is 42.9. The van der Waals surface area contributed by atoms with Gasteiger partial charge in [-0.1, -0.05) is 0 Å². The van der Waals surface area contributed by atoms with Crippen LogP contribution in [0.1, 0.15) is 5.56 Å². The van der Waals surface area contributed by atoms with Gasteiger partial charge in [0.25, 0.3) is 0 Å². The third-order valence-electron chi connectivity index (χ3n) is 1.42. The molecule has 0 aliphatic rings. The predicted octanol–water partition coefficient (Wildman–Crippen LogP) is 1.36. The van der Waals surface area contributed by atoms with E-state index in [2.05, 4.69) is 61.2 Å². The van der Waals surface area contributed by atoms with Crippen LogP contribution < -0.4 is 0 Å². The molecule has 21 heavy (non-hydrogen) atoms. The summed E-state index contributed by atoms with van der Waals surface area (Å²) < 4.78 is 43.4. The van der Waals surface area contributed by atoms with Crippen LogP contribution in [0.3, 0.4) is 0 Å². The van der Waals surface area contributed by atoms with Gasteiger partial charge in [0.15, 0.2) is 0 Å². The fourth-order valence-electron chi connectivity index (χ4n) is 0.835. The molecule has 0 bridgehead atoms. The van der Waals surface area contributed by atoms with E-state index >= 15 is 0 Å². The molecule has 0 heterocycles. The number of rotatable bonds is 3. The first-order valence-electron chi connectivity index (χ1n) is 4.45. The molecule has 108 valence electrons. The summed E-state index contributed by atoms with van der Waals surface area (Å²) >= 11 is 2.87. The molecule has 0 amide bonds. The number of hydrogen-bond acceptors (Lipinski definition) is 1. The average molecular weight is 326 g/mol. The van der Waals surface area contributed by atoms with Crippen molar-refractivity contribution in [2.24, 2.45) is 0 Å². The Morgan fingerprint density at radius 3 is 1.48 bits per heavy atom. The number of ether oxygens (including phenoxy) is 1. The first-order chi connectivity index (χ1) is 10.3. The zero-order valence-electron chi connectivity index (χ0n) is 11.0. The van der Waals surface area contributed by atoms with Gasteiger partial charge in [-0.2, -0.15) is 0 Å². The molecule has 7 heteroatoms. The third kappa shape index (κ3) is 32.1. The van der Waals surface area contributed by atoms with Gasteiger partial charge in [0.1, 0.15) is 0 Å². The molecule has 0 aliphatic carbocycles. The van der Waals surface area contributed by atoms with Gasteiger partial charge in [-0.15, -0.1) is 0 Å². The number of methoxy groups -OCH3 is 1. The van der Waals surface area contributed by atoms with E-state index in [1.54, 1.807) is 7.11 Å². The molecule has 0 spiro atoms. The van der Waals surface area contributed by atoms with Gasteiger partial charge in [0.2, 0.25) is 0 Å². The SMILES string of the molecule is CO[C](=[Cr])Cc1ccccc1.[C-]#[O+].[C-]#[O+].[C-]#[O+].[C-]#[O+].[C-]#[O+]. The van der Waals surface area contributed by atoms with Gasteiger partial charge >= 0.3 is 131 Å². The molecule has 0 radical (unpaired) electrons. The van der Waals surface area contributed by atoms with Crippen LogP contribution in [0, 0.1) is 33.3 Å². The van der Waals surface area contributed by atoms with E-state index in [-0.39, 0.29) is 0 Å². The molecule has 6 nitrogen and oxygen atoms in total. The molecule has 0 fully saturated rings. The average Bonchev–Trinajstić information content (AvgIpc) is 2.64.